The molecule has 0 aliphatic rings. The first-order valence-electron chi connectivity index (χ1n) is 8.99. The van der Waals surface area contributed by atoms with Crippen molar-refractivity contribution in [1.82, 2.24) is 9.97 Å². The number of carboxylic acid groups (broad SMARTS) is 2. The molecular weight excluding hydrogens is 420 g/mol. The number of nitrogens with one attached hydrogen (secondary N) is 2. The van der Waals surface area contributed by atoms with Gasteiger partial charge in [0.1, 0.15) is 5.82 Å². The number of hydrogen-bond acceptors (Lipinski definition) is 7. The lowest BCUT2D eigenvalue weighted by atomic mass is 10.1. The highest BCUT2D eigenvalue weighted by molar-refractivity contribution is 6.05. The predicted molar refractivity (Wildman–Crippen MR) is 111 cm³/mol. The summed E-state index contributed by atoms with van der Waals surface area (Å²) < 4.78 is 5.07. The third kappa shape index (κ3) is 5.21. The van der Waals surface area contributed by atoms with Crippen LogP contribution in [-0.4, -0.2) is 51.0 Å². The van der Waals surface area contributed by atoms with E-state index in [1.807, 2.05) is 0 Å². The molecule has 162 valence electrons. The summed E-state index contributed by atoms with van der Waals surface area (Å²) in [5.41, 5.74) is 0.425. The topological polar surface area (TPSA) is 168 Å². The summed E-state index contributed by atoms with van der Waals surface area (Å²) in [5, 5.41) is 22.8. The molecule has 1 heterocycles. The zero-order valence-electron chi connectivity index (χ0n) is 16.5. The van der Waals surface area contributed by atoms with Crippen molar-refractivity contribution in [1.29, 1.82) is 0 Å². The van der Waals surface area contributed by atoms with Gasteiger partial charge in [-0.3, -0.25) is 14.9 Å². The maximum Gasteiger partial charge on any atom is 0.335 e. The van der Waals surface area contributed by atoms with Gasteiger partial charge in [-0.25, -0.2) is 9.59 Å². The van der Waals surface area contributed by atoms with Crippen molar-refractivity contribution in [2.45, 2.75) is 0 Å². The highest BCUT2D eigenvalue weighted by atomic mass is 16.5. The Morgan fingerprint density at radius 1 is 0.719 bits per heavy atom. The van der Waals surface area contributed by atoms with Crippen molar-refractivity contribution >= 4 is 35.5 Å². The van der Waals surface area contributed by atoms with Gasteiger partial charge in [-0.1, -0.05) is 0 Å². The molecule has 3 aromatic rings. The van der Waals surface area contributed by atoms with Gasteiger partial charge in [-0.05, 0) is 48.5 Å². The number of amides is 2. The first kappa shape index (κ1) is 21.9. The maximum absolute atomic E-state index is 12.4. The van der Waals surface area contributed by atoms with Gasteiger partial charge in [0, 0.05) is 17.2 Å². The molecule has 0 aliphatic heterocycles. The first-order chi connectivity index (χ1) is 15.3. The van der Waals surface area contributed by atoms with Gasteiger partial charge in [0.15, 0.2) is 0 Å². The molecule has 0 radical (unpaired) electrons. The van der Waals surface area contributed by atoms with E-state index in [2.05, 4.69) is 20.6 Å². The number of rotatable bonds is 7. The van der Waals surface area contributed by atoms with Crippen LogP contribution >= 0.6 is 0 Å². The molecule has 32 heavy (non-hydrogen) atoms. The Morgan fingerprint density at radius 2 is 1.16 bits per heavy atom. The number of anilines is 2. The second-order valence-electron chi connectivity index (χ2n) is 6.29. The zero-order valence-corrected chi connectivity index (χ0v) is 16.5. The van der Waals surface area contributed by atoms with E-state index in [1.54, 1.807) is 0 Å². The SMILES string of the molecule is COc1cc(NC(=O)c2ccc(C(=O)O)cc2)nc(NC(=O)c2ccc(C(=O)O)cc2)n1. The summed E-state index contributed by atoms with van der Waals surface area (Å²) in [6.45, 7) is 0. The van der Waals surface area contributed by atoms with E-state index in [-0.39, 0.29) is 39.9 Å². The Balaban J connectivity index is 1.77. The number of aromatic nitrogens is 2. The van der Waals surface area contributed by atoms with E-state index in [0.29, 0.717) is 0 Å². The minimum Gasteiger partial charge on any atom is -0.481 e. The summed E-state index contributed by atoms with van der Waals surface area (Å²) in [6.07, 6.45) is 0. The van der Waals surface area contributed by atoms with Gasteiger partial charge in [0.05, 0.1) is 18.2 Å². The normalized spacial score (nSPS) is 10.2. The van der Waals surface area contributed by atoms with Crippen molar-refractivity contribution in [3.63, 3.8) is 0 Å². The Labute approximate surface area is 180 Å². The van der Waals surface area contributed by atoms with Gasteiger partial charge in [-0.15, -0.1) is 0 Å². The molecular formula is C21H16N4O7. The maximum atomic E-state index is 12.4. The average molecular weight is 436 g/mol. The van der Waals surface area contributed by atoms with Crippen LogP contribution in [0.3, 0.4) is 0 Å². The van der Waals surface area contributed by atoms with Crippen molar-refractivity contribution in [3.05, 3.63) is 76.9 Å². The quantitative estimate of drug-likeness (QED) is 0.434. The number of nitrogens with zero attached hydrogens (tertiary/aromatic N) is 2. The number of aromatic carboxylic acids is 2. The first-order valence-corrected chi connectivity index (χ1v) is 8.99. The van der Waals surface area contributed by atoms with Crippen LogP contribution in [-0.2, 0) is 0 Å². The third-order valence-corrected chi connectivity index (χ3v) is 4.17. The van der Waals surface area contributed by atoms with E-state index < -0.39 is 23.8 Å². The second-order valence-corrected chi connectivity index (χ2v) is 6.29. The molecule has 0 aliphatic carbocycles. The Kier molecular flexibility index (Phi) is 6.39. The van der Waals surface area contributed by atoms with Gasteiger partial charge in [-0.2, -0.15) is 9.97 Å². The molecule has 0 spiro atoms. The van der Waals surface area contributed by atoms with E-state index in [1.165, 1.54) is 61.7 Å². The number of carboxylic acids is 2. The standard InChI is InChI=1S/C21H16N4O7/c1-32-16-10-15(22-17(26)11-2-6-13(7-3-11)19(28)29)23-21(24-16)25-18(27)12-4-8-14(9-5-12)20(30)31/h2-10H,1H3,(H,28,29)(H,30,31)(H2,22,23,24,25,26,27). The van der Waals surface area contributed by atoms with Crippen molar-refractivity contribution in [2.75, 3.05) is 17.7 Å². The summed E-state index contributed by atoms with van der Waals surface area (Å²) in [6, 6.07) is 11.8. The molecule has 11 heteroatoms. The smallest absolute Gasteiger partial charge is 0.335 e. The van der Waals surface area contributed by atoms with Crippen LogP contribution in [0.15, 0.2) is 54.6 Å². The van der Waals surface area contributed by atoms with E-state index >= 15 is 0 Å². The second kappa shape index (κ2) is 9.34. The molecule has 0 unspecified atom stereocenters. The highest BCUT2D eigenvalue weighted by Gasteiger charge is 2.14. The number of carbonyl (C=O) groups is 4. The Bertz CT molecular complexity index is 1100. The lowest BCUT2D eigenvalue weighted by Crippen LogP contribution is -2.17. The number of benzene rings is 2. The fourth-order valence-corrected chi connectivity index (χ4v) is 2.54. The number of carbonyl (C=O) groups excluding carboxylic acids is 2. The van der Waals surface area contributed by atoms with Crippen molar-refractivity contribution < 1.29 is 34.1 Å². The lowest BCUT2D eigenvalue weighted by molar-refractivity contribution is 0.0686. The average Bonchev–Trinajstić information content (AvgIpc) is 2.78. The molecule has 0 atom stereocenters. The Morgan fingerprint density at radius 3 is 1.59 bits per heavy atom. The van der Waals surface area contributed by atoms with E-state index in [0.717, 1.165) is 0 Å². The lowest BCUT2D eigenvalue weighted by Gasteiger charge is -2.10. The molecule has 1 aromatic heterocycles. The molecule has 0 fully saturated rings. The van der Waals surface area contributed by atoms with Gasteiger partial charge < -0.3 is 20.3 Å². The van der Waals surface area contributed by atoms with Crippen LogP contribution in [0.5, 0.6) is 5.88 Å². The third-order valence-electron chi connectivity index (χ3n) is 4.17. The number of ether oxygens (including phenoxy) is 1. The van der Waals surface area contributed by atoms with Crippen molar-refractivity contribution in [3.8, 4) is 5.88 Å². The summed E-state index contributed by atoms with van der Waals surface area (Å²) in [7, 11) is 1.34. The predicted octanol–water partition coefficient (Wildman–Crippen LogP) is 2.39. The largest absolute Gasteiger partial charge is 0.481 e. The molecule has 3 rings (SSSR count). The van der Waals surface area contributed by atoms with Crippen LogP contribution in [0.2, 0.25) is 0 Å². The molecule has 2 amide bonds. The molecule has 0 saturated heterocycles. The number of methoxy groups -OCH3 is 1. The summed E-state index contributed by atoms with van der Waals surface area (Å²) in [5.74, 6) is -3.47. The van der Waals surface area contributed by atoms with E-state index in [4.69, 9.17) is 14.9 Å². The fourth-order valence-electron chi connectivity index (χ4n) is 2.54. The van der Waals surface area contributed by atoms with Crippen LogP contribution in [0.1, 0.15) is 41.4 Å². The fraction of sp³-hybridized carbons (Fsp3) is 0.0476. The van der Waals surface area contributed by atoms with Gasteiger partial charge in [0.2, 0.25) is 11.8 Å². The van der Waals surface area contributed by atoms with Crippen LogP contribution in [0.25, 0.3) is 0 Å². The number of hydrogen-bond donors (Lipinski definition) is 4. The monoisotopic (exact) mass is 436 g/mol. The molecule has 2 aromatic carbocycles. The van der Waals surface area contributed by atoms with E-state index in [9.17, 15) is 19.2 Å². The minimum absolute atomic E-state index is 0.0283. The minimum atomic E-state index is -1.12. The molecule has 0 saturated carbocycles. The summed E-state index contributed by atoms with van der Waals surface area (Å²) >= 11 is 0. The van der Waals surface area contributed by atoms with Crippen LogP contribution in [0, 0.1) is 0 Å². The Hall–Kier alpha value is -4.80. The van der Waals surface area contributed by atoms with Gasteiger partial charge >= 0.3 is 11.9 Å². The van der Waals surface area contributed by atoms with Crippen LogP contribution in [0.4, 0.5) is 11.8 Å². The van der Waals surface area contributed by atoms with Crippen LogP contribution < -0.4 is 15.4 Å². The highest BCUT2D eigenvalue weighted by Crippen LogP contribution is 2.18. The van der Waals surface area contributed by atoms with Crippen molar-refractivity contribution in [2.24, 2.45) is 0 Å². The van der Waals surface area contributed by atoms with Gasteiger partial charge in [0.25, 0.3) is 11.8 Å². The molecule has 0 bridgehead atoms. The molecule has 11 nitrogen and oxygen atoms in total. The molecule has 4 N–H and O–H groups in total. The zero-order chi connectivity index (χ0) is 23.3. The summed E-state index contributed by atoms with van der Waals surface area (Å²) in [4.78, 5) is 54.8.